The van der Waals surface area contributed by atoms with Gasteiger partial charge in [-0.3, -0.25) is 19.3 Å². The Morgan fingerprint density at radius 1 is 1.23 bits per heavy atom. The molecule has 1 unspecified atom stereocenters. The summed E-state index contributed by atoms with van der Waals surface area (Å²) in [5, 5.41) is 3.17. The first kappa shape index (κ1) is 18.6. The number of hydrogen-bond donors (Lipinski definition) is 1. The number of nitrogens with one attached hydrogen (secondary N) is 1. The van der Waals surface area contributed by atoms with Crippen LogP contribution in [0.4, 0.5) is 5.00 Å². The highest BCUT2D eigenvalue weighted by atomic mass is 32.1. The van der Waals surface area contributed by atoms with Gasteiger partial charge >= 0.3 is 5.97 Å². The average molecular weight is 378 g/mol. The molecule has 7 nitrogen and oxygen atoms in total. The lowest BCUT2D eigenvalue weighted by molar-refractivity contribution is -0.141. The van der Waals surface area contributed by atoms with Crippen LogP contribution in [0.1, 0.15) is 53.9 Å². The van der Waals surface area contributed by atoms with E-state index in [9.17, 15) is 19.2 Å². The molecule has 1 aromatic heterocycles. The summed E-state index contributed by atoms with van der Waals surface area (Å²) in [5.41, 5.74) is 1.38. The van der Waals surface area contributed by atoms with E-state index in [1.807, 2.05) is 0 Å². The quantitative estimate of drug-likeness (QED) is 0.626. The van der Waals surface area contributed by atoms with Crippen LogP contribution < -0.4 is 5.32 Å². The largest absolute Gasteiger partial charge is 0.462 e. The van der Waals surface area contributed by atoms with Gasteiger partial charge in [-0.05, 0) is 37.7 Å². The van der Waals surface area contributed by atoms with Gasteiger partial charge in [0.05, 0.1) is 12.2 Å². The van der Waals surface area contributed by atoms with Gasteiger partial charge in [0.25, 0.3) is 0 Å². The summed E-state index contributed by atoms with van der Waals surface area (Å²) < 4.78 is 5.17. The van der Waals surface area contributed by atoms with E-state index in [-0.39, 0.29) is 37.8 Å². The highest BCUT2D eigenvalue weighted by molar-refractivity contribution is 7.17. The van der Waals surface area contributed by atoms with Crippen LogP contribution in [0.25, 0.3) is 0 Å². The first-order valence-corrected chi connectivity index (χ1v) is 9.67. The number of imide groups is 1. The molecule has 2 heterocycles. The van der Waals surface area contributed by atoms with Crippen LogP contribution in [0.2, 0.25) is 0 Å². The van der Waals surface area contributed by atoms with Crippen molar-refractivity contribution in [3.63, 3.8) is 0 Å². The molecule has 1 saturated heterocycles. The monoisotopic (exact) mass is 378 g/mol. The molecule has 2 aliphatic rings. The second-order valence-electron chi connectivity index (χ2n) is 6.70. The van der Waals surface area contributed by atoms with Crippen LogP contribution in [0.3, 0.4) is 0 Å². The number of anilines is 1. The molecule has 0 bridgehead atoms. The summed E-state index contributed by atoms with van der Waals surface area (Å²) in [7, 11) is 0. The fourth-order valence-electron chi connectivity index (χ4n) is 3.37. The number of hydrogen-bond acceptors (Lipinski definition) is 6. The van der Waals surface area contributed by atoms with Crippen LogP contribution in [0.15, 0.2) is 0 Å². The number of thiophene rings is 1. The molecular weight excluding hydrogens is 356 g/mol. The lowest BCUT2D eigenvalue weighted by Crippen LogP contribution is -2.37. The van der Waals surface area contributed by atoms with E-state index in [1.54, 1.807) is 6.92 Å². The third-order valence-corrected chi connectivity index (χ3v) is 5.87. The Balaban J connectivity index is 1.82. The summed E-state index contributed by atoms with van der Waals surface area (Å²) in [6.45, 7) is 3.83. The molecule has 0 aromatic carbocycles. The highest BCUT2D eigenvalue weighted by Crippen LogP contribution is 2.40. The molecule has 1 fully saturated rings. The molecule has 3 amide bonds. The number of esters is 1. The molecule has 0 saturated carbocycles. The van der Waals surface area contributed by atoms with E-state index in [0.29, 0.717) is 16.5 Å². The Hall–Kier alpha value is -2.22. The van der Waals surface area contributed by atoms with Crippen molar-refractivity contribution in [3.8, 4) is 0 Å². The SMILES string of the molecule is CCOC(=O)c1c(NC(=O)CN2C(=O)CCC2=O)sc2c1CCC(C)C2. The molecule has 1 aromatic rings. The number of carbonyl (C=O) groups is 4. The van der Waals surface area contributed by atoms with E-state index in [2.05, 4.69) is 12.2 Å². The standard InChI is InChI=1S/C18H22N2O5S/c1-3-25-18(24)16-11-5-4-10(2)8-12(11)26-17(16)19-13(21)9-20-14(22)6-7-15(20)23/h10H,3-9H2,1-2H3,(H,19,21). The predicted molar refractivity (Wildman–Crippen MR) is 96.0 cm³/mol. The molecule has 1 N–H and O–H groups in total. The first-order chi connectivity index (χ1) is 12.4. The summed E-state index contributed by atoms with van der Waals surface area (Å²) in [4.78, 5) is 50.2. The predicted octanol–water partition coefficient (Wildman–Crippen LogP) is 2.14. The maximum atomic E-state index is 12.4. The van der Waals surface area contributed by atoms with E-state index in [4.69, 9.17) is 4.74 Å². The van der Waals surface area contributed by atoms with Gasteiger partial charge in [-0.15, -0.1) is 11.3 Å². The van der Waals surface area contributed by atoms with E-state index < -0.39 is 11.9 Å². The van der Waals surface area contributed by atoms with Crippen molar-refractivity contribution in [2.45, 2.75) is 46.0 Å². The van der Waals surface area contributed by atoms with Crippen molar-refractivity contribution in [1.29, 1.82) is 0 Å². The number of rotatable bonds is 5. The zero-order chi connectivity index (χ0) is 18.8. The number of carbonyl (C=O) groups excluding carboxylic acids is 4. The summed E-state index contributed by atoms with van der Waals surface area (Å²) in [5.74, 6) is -1.07. The maximum absolute atomic E-state index is 12.4. The highest BCUT2D eigenvalue weighted by Gasteiger charge is 2.32. The molecule has 3 rings (SSSR count). The molecule has 0 spiro atoms. The molecule has 26 heavy (non-hydrogen) atoms. The Labute approximate surface area is 155 Å². The lowest BCUT2D eigenvalue weighted by atomic mass is 9.88. The molecule has 1 aliphatic heterocycles. The second-order valence-corrected chi connectivity index (χ2v) is 7.80. The number of amides is 3. The van der Waals surface area contributed by atoms with E-state index >= 15 is 0 Å². The topological polar surface area (TPSA) is 92.8 Å². The van der Waals surface area contributed by atoms with Crippen molar-refractivity contribution in [1.82, 2.24) is 4.90 Å². The van der Waals surface area contributed by atoms with Gasteiger partial charge in [0.1, 0.15) is 11.5 Å². The second kappa shape index (κ2) is 7.57. The zero-order valence-electron chi connectivity index (χ0n) is 14.9. The van der Waals surface area contributed by atoms with Gasteiger partial charge in [0, 0.05) is 17.7 Å². The minimum absolute atomic E-state index is 0.144. The normalized spacial score (nSPS) is 19.5. The Morgan fingerprint density at radius 3 is 2.58 bits per heavy atom. The lowest BCUT2D eigenvalue weighted by Gasteiger charge is -2.18. The third-order valence-electron chi connectivity index (χ3n) is 4.70. The number of fused-ring (bicyclic) bond motifs is 1. The number of likely N-dealkylation sites (tertiary alicyclic amines) is 1. The van der Waals surface area contributed by atoms with Crippen LogP contribution >= 0.6 is 11.3 Å². The summed E-state index contributed by atoms with van der Waals surface area (Å²) in [6.07, 6.45) is 2.92. The number of ether oxygens (including phenoxy) is 1. The number of nitrogens with zero attached hydrogens (tertiary/aromatic N) is 1. The van der Waals surface area contributed by atoms with Crippen LogP contribution in [0.5, 0.6) is 0 Å². The molecule has 8 heteroatoms. The van der Waals surface area contributed by atoms with Gasteiger partial charge in [-0.1, -0.05) is 6.92 Å². The minimum atomic E-state index is -0.481. The zero-order valence-corrected chi connectivity index (χ0v) is 15.7. The van der Waals surface area contributed by atoms with Gasteiger partial charge < -0.3 is 10.1 Å². The van der Waals surface area contributed by atoms with Crippen molar-refractivity contribution in [2.24, 2.45) is 5.92 Å². The molecule has 140 valence electrons. The Bertz CT molecular complexity index is 754. The van der Waals surface area contributed by atoms with Crippen molar-refractivity contribution < 1.29 is 23.9 Å². The molecule has 1 aliphatic carbocycles. The first-order valence-electron chi connectivity index (χ1n) is 8.85. The van der Waals surface area contributed by atoms with E-state index in [0.717, 1.165) is 34.6 Å². The molecule has 1 atom stereocenters. The van der Waals surface area contributed by atoms with Gasteiger partial charge in [0.2, 0.25) is 17.7 Å². The fraction of sp³-hybridized carbons (Fsp3) is 0.556. The van der Waals surface area contributed by atoms with Gasteiger partial charge in [-0.25, -0.2) is 4.79 Å². The van der Waals surface area contributed by atoms with Crippen LogP contribution in [0, 0.1) is 5.92 Å². The molecule has 0 radical (unpaired) electrons. The van der Waals surface area contributed by atoms with Crippen LogP contribution in [-0.4, -0.2) is 41.7 Å². The average Bonchev–Trinajstić information content (AvgIpc) is 3.08. The Kier molecular flexibility index (Phi) is 5.41. The van der Waals surface area contributed by atoms with Gasteiger partial charge in [-0.2, -0.15) is 0 Å². The van der Waals surface area contributed by atoms with Crippen molar-refractivity contribution >= 4 is 40.0 Å². The van der Waals surface area contributed by atoms with Crippen molar-refractivity contribution in [3.05, 3.63) is 16.0 Å². The summed E-state index contributed by atoms with van der Waals surface area (Å²) >= 11 is 1.39. The van der Waals surface area contributed by atoms with Gasteiger partial charge in [0.15, 0.2) is 0 Å². The van der Waals surface area contributed by atoms with Crippen LogP contribution in [-0.2, 0) is 32.0 Å². The Morgan fingerprint density at radius 2 is 1.92 bits per heavy atom. The van der Waals surface area contributed by atoms with Crippen molar-refractivity contribution in [2.75, 3.05) is 18.5 Å². The fourth-order valence-corrected chi connectivity index (χ4v) is 4.78. The molecular formula is C18H22N2O5S. The summed E-state index contributed by atoms with van der Waals surface area (Å²) in [6, 6.07) is 0. The third kappa shape index (κ3) is 3.65. The maximum Gasteiger partial charge on any atom is 0.341 e. The van der Waals surface area contributed by atoms with E-state index in [1.165, 1.54) is 11.3 Å². The minimum Gasteiger partial charge on any atom is -0.462 e. The smallest absolute Gasteiger partial charge is 0.341 e.